The number of hydrogen-bond acceptors (Lipinski definition) is 5. The number of alkyl halides is 3. The van der Waals surface area contributed by atoms with Gasteiger partial charge in [-0.15, -0.1) is 0 Å². The predicted molar refractivity (Wildman–Crippen MR) is 147 cm³/mol. The molecule has 1 unspecified atom stereocenters. The minimum atomic E-state index is -5.08. The van der Waals surface area contributed by atoms with E-state index in [2.05, 4.69) is 44.8 Å². The molecular formula is C30H24F3N5O4. The van der Waals surface area contributed by atoms with Crippen LogP contribution >= 0.6 is 0 Å². The van der Waals surface area contributed by atoms with Crippen LogP contribution in [0.1, 0.15) is 23.5 Å². The number of carboxylic acid groups (broad SMARTS) is 1. The summed E-state index contributed by atoms with van der Waals surface area (Å²) in [5.74, 6) is -1.64. The monoisotopic (exact) mass is 575 g/mol. The van der Waals surface area contributed by atoms with Crippen LogP contribution in [-0.2, 0) is 21.5 Å². The molecule has 3 N–H and O–H groups in total. The molecule has 0 saturated heterocycles. The Balaban J connectivity index is 0.000000405. The average Bonchev–Trinajstić information content (AvgIpc) is 3.23. The van der Waals surface area contributed by atoms with Crippen molar-refractivity contribution in [2.45, 2.75) is 30.5 Å². The lowest BCUT2D eigenvalue weighted by Crippen LogP contribution is -2.21. The molecule has 5 aromatic rings. The van der Waals surface area contributed by atoms with E-state index < -0.39 is 17.6 Å². The predicted octanol–water partition coefficient (Wildman–Crippen LogP) is 5.52. The quantitative estimate of drug-likeness (QED) is 0.245. The van der Waals surface area contributed by atoms with Crippen molar-refractivity contribution in [1.29, 1.82) is 0 Å². The number of aliphatic carboxylic acids is 1. The standard InChI is InChI=1S/C28H23N5O2.C2HF3O2/c34-27-28(22-3-1-2-4-24(22)30-27)16-23(28)19-7-10-21-25(15-19)31-32-26(21)18-5-8-20(9-6-18)35-14-13-33-12-11-29-17-33;3-2(4,5)1(6)7/h1-12,15,17,23H,13-14,16H2,(H,30,34)(H,31,32);(H,6,7)/t23-,28?;/m0./s1. The number of benzene rings is 3. The van der Waals surface area contributed by atoms with Crippen molar-refractivity contribution in [2.24, 2.45) is 0 Å². The number of carbonyl (C=O) groups is 2. The minimum Gasteiger partial charge on any atom is -0.492 e. The molecule has 1 saturated carbocycles. The molecule has 1 spiro atoms. The molecule has 7 rings (SSSR count). The van der Waals surface area contributed by atoms with E-state index in [0.717, 1.165) is 52.1 Å². The molecule has 2 aromatic heterocycles. The summed E-state index contributed by atoms with van der Waals surface area (Å²) in [6.45, 7) is 1.33. The zero-order valence-electron chi connectivity index (χ0n) is 21.9. The van der Waals surface area contributed by atoms with Gasteiger partial charge in [-0.2, -0.15) is 18.3 Å². The Morgan fingerprint density at radius 2 is 1.88 bits per heavy atom. The Labute approximate surface area is 237 Å². The lowest BCUT2D eigenvalue weighted by atomic mass is 9.91. The highest BCUT2D eigenvalue weighted by Crippen LogP contribution is 2.65. The van der Waals surface area contributed by atoms with E-state index in [4.69, 9.17) is 14.6 Å². The summed E-state index contributed by atoms with van der Waals surface area (Å²) in [6, 6.07) is 22.5. The van der Waals surface area contributed by atoms with Crippen LogP contribution in [0.4, 0.5) is 18.9 Å². The van der Waals surface area contributed by atoms with Gasteiger partial charge in [0.1, 0.15) is 12.4 Å². The normalized spacial score (nSPS) is 18.7. The van der Waals surface area contributed by atoms with Crippen LogP contribution < -0.4 is 10.1 Å². The number of H-pyrrole nitrogens is 1. The molecule has 3 heterocycles. The number of carbonyl (C=O) groups excluding carboxylic acids is 1. The summed E-state index contributed by atoms with van der Waals surface area (Å²) in [7, 11) is 0. The second-order valence-electron chi connectivity index (χ2n) is 10.1. The molecule has 0 bridgehead atoms. The van der Waals surface area contributed by atoms with Crippen LogP contribution in [0.15, 0.2) is 85.5 Å². The van der Waals surface area contributed by atoms with E-state index in [0.29, 0.717) is 6.61 Å². The molecule has 9 nitrogen and oxygen atoms in total. The highest BCUT2D eigenvalue weighted by Gasteiger charge is 2.65. The average molecular weight is 576 g/mol. The molecule has 214 valence electrons. The van der Waals surface area contributed by atoms with E-state index in [1.807, 2.05) is 53.2 Å². The zero-order valence-corrected chi connectivity index (χ0v) is 21.9. The van der Waals surface area contributed by atoms with Gasteiger partial charge in [-0.25, -0.2) is 9.78 Å². The van der Waals surface area contributed by atoms with Gasteiger partial charge in [-0.05, 0) is 53.9 Å². The summed E-state index contributed by atoms with van der Waals surface area (Å²) in [5.41, 5.74) is 5.71. The van der Waals surface area contributed by atoms with Gasteiger partial charge in [-0.3, -0.25) is 9.89 Å². The van der Waals surface area contributed by atoms with Crippen LogP contribution in [0.5, 0.6) is 5.75 Å². The largest absolute Gasteiger partial charge is 0.492 e. The number of rotatable bonds is 6. The van der Waals surface area contributed by atoms with E-state index in [-0.39, 0.29) is 11.8 Å². The van der Waals surface area contributed by atoms with Crippen LogP contribution in [0.25, 0.3) is 22.2 Å². The zero-order chi connectivity index (χ0) is 29.5. The smallest absolute Gasteiger partial charge is 0.490 e. The molecule has 3 aromatic carbocycles. The Kier molecular flexibility index (Phi) is 6.68. The molecule has 42 heavy (non-hydrogen) atoms. The fourth-order valence-corrected chi connectivity index (χ4v) is 5.42. The Bertz CT molecular complexity index is 1770. The SMILES string of the molecule is O=C(O)C(F)(F)F.O=C1Nc2ccccc2C12C[C@H]2c1ccc2c(-c3ccc(OCCn4ccnc4)cc3)n[nH]c2c1. The van der Waals surface area contributed by atoms with Gasteiger partial charge in [0.15, 0.2) is 0 Å². The summed E-state index contributed by atoms with van der Waals surface area (Å²) in [5, 5.41) is 19.0. The number of aromatic nitrogens is 4. The number of anilines is 1. The Morgan fingerprint density at radius 1 is 1.12 bits per heavy atom. The van der Waals surface area contributed by atoms with E-state index in [1.54, 1.807) is 12.5 Å². The number of para-hydroxylation sites is 1. The number of hydrogen-bond donors (Lipinski definition) is 3. The first kappa shape index (κ1) is 27.1. The van der Waals surface area contributed by atoms with Gasteiger partial charge in [0.25, 0.3) is 0 Å². The first-order valence-electron chi connectivity index (χ1n) is 13.0. The number of nitrogens with one attached hydrogen (secondary N) is 2. The van der Waals surface area contributed by atoms with Crippen molar-refractivity contribution >= 4 is 28.5 Å². The first-order valence-corrected chi connectivity index (χ1v) is 13.0. The second kappa shape index (κ2) is 10.4. The third kappa shape index (κ3) is 4.95. The maximum Gasteiger partial charge on any atom is 0.490 e. The molecular weight excluding hydrogens is 551 g/mol. The fraction of sp³-hybridized carbons (Fsp3) is 0.200. The second-order valence-corrected chi connectivity index (χ2v) is 10.1. The number of imidazole rings is 1. The molecule has 1 amide bonds. The number of amides is 1. The Morgan fingerprint density at radius 3 is 2.60 bits per heavy atom. The molecule has 2 atom stereocenters. The molecule has 2 aliphatic rings. The summed E-state index contributed by atoms with van der Waals surface area (Å²) in [6.07, 6.45) is 1.22. The lowest BCUT2D eigenvalue weighted by Gasteiger charge is -2.09. The molecule has 1 aliphatic heterocycles. The summed E-state index contributed by atoms with van der Waals surface area (Å²) < 4.78 is 39.6. The highest BCUT2D eigenvalue weighted by atomic mass is 19.4. The minimum absolute atomic E-state index is 0.112. The molecule has 1 fully saturated rings. The maximum atomic E-state index is 12.9. The van der Waals surface area contributed by atoms with Gasteiger partial charge in [0, 0.05) is 34.9 Å². The van der Waals surface area contributed by atoms with E-state index >= 15 is 0 Å². The topological polar surface area (TPSA) is 122 Å². The van der Waals surface area contributed by atoms with Crippen LogP contribution in [0.2, 0.25) is 0 Å². The van der Waals surface area contributed by atoms with Crippen LogP contribution in [0.3, 0.4) is 0 Å². The van der Waals surface area contributed by atoms with Gasteiger partial charge >= 0.3 is 12.1 Å². The maximum absolute atomic E-state index is 12.9. The Hall–Kier alpha value is -5.13. The van der Waals surface area contributed by atoms with Gasteiger partial charge < -0.3 is 19.7 Å². The number of aromatic amines is 1. The van der Waals surface area contributed by atoms with Crippen molar-refractivity contribution in [3.05, 3.63) is 96.6 Å². The van der Waals surface area contributed by atoms with Crippen molar-refractivity contribution in [1.82, 2.24) is 19.7 Å². The van der Waals surface area contributed by atoms with Gasteiger partial charge in [-0.1, -0.05) is 30.3 Å². The first-order chi connectivity index (χ1) is 20.2. The summed E-state index contributed by atoms with van der Waals surface area (Å²) in [4.78, 5) is 25.8. The van der Waals surface area contributed by atoms with E-state index in [9.17, 15) is 18.0 Å². The fourth-order valence-electron chi connectivity index (χ4n) is 5.42. The number of fused-ring (bicyclic) bond motifs is 3. The molecule has 0 radical (unpaired) electrons. The molecule has 12 heteroatoms. The van der Waals surface area contributed by atoms with Crippen molar-refractivity contribution in [2.75, 3.05) is 11.9 Å². The number of nitrogens with zero attached hydrogens (tertiary/aromatic N) is 3. The number of carboxylic acids is 1. The van der Waals surface area contributed by atoms with Gasteiger partial charge in [0.05, 0.1) is 29.5 Å². The van der Waals surface area contributed by atoms with Crippen LogP contribution in [-0.4, -0.2) is 49.5 Å². The molecule has 1 aliphatic carbocycles. The third-order valence-electron chi connectivity index (χ3n) is 7.56. The van der Waals surface area contributed by atoms with Crippen molar-refractivity contribution < 1.29 is 32.6 Å². The number of ether oxygens (including phenoxy) is 1. The number of halogens is 3. The van der Waals surface area contributed by atoms with Crippen molar-refractivity contribution in [3.63, 3.8) is 0 Å². The lowest BCUT2D eigenvalue weighted by molar-refractivity contribution is -0.192. The van der Waals surface area contributed by atoms with Gasteiger partial charge in [0.2, 0.25) is 5.91 Å². The highest BCUT2D eigenvalue weighted by molar-refractivity contribution is 6.10. The third-order valence-corrected chi connectivity index (χ3v) is 7.56. The van der Waals surface area contributed by atoms with Crippen LogP contribution in [0, 0.1) is 0 Å². The van der Waals surface area contributed by atoms with E-state index in [1.165, 1.54) is 5.56 Å². The summed E-state index contributed by atoms with van der Waals surface area (Å²) >= 11 is 0. The van der Waals surface area contributed by atoms with Crippen molar-refractivity contribution in [3.8, 4) is 17.0 Å².